The number of thioether (sulfide) groups is 1. The fourth-order valence-electron chi connectivity index (χ4n) is 1.96. The highest BCUT2D eigenvalue weighted by Gasteiger charge is 2.17. The van der Waals surface area contributed by atoms with Crippen molar-refractivity contribution in [1.29, 1.82) is 0 Å². The highest BCUT2D eigenvalue weighted by molar-refractivity contribution is 7.99. The van der Waals surface area contributed by atoms with Gasteiger partial charge in [-0.1, -0.05) is 34.8 Å². The van der Waals surface area contributed by atoms with E-state index in [1.807, 2.05) is 48.7 Å². The van der Waals surface area contributed by atoms with Gasteiger partial charge in [0.15, 0.2) is 0 Å². The molecule has 0 atom stereocenters. The van der Waals surface area contributed by atoms with Crippen LogP contribution in [0.3, 0.4) is 0 Å². The normalized spacial score (nSPS) is 14.6. The Balaban J connectivity index is 1.92. The molecule has 1 nitrogen and oxygen atoms in total. The molecule has 3 rings (SSSR count). The summed E-state index contributed by atoms with van der Waals surface area (Å²) in [5.74, 6) is 0.796. The fourth-order valence-corrected chi connectivity index (χ4v) is 3.68. The van der Waals surface area contributed by atoms with E-state index in [1.165, 1.54) is 0 Å². The van der Waals surface area contributed by atoms with E-state index in [1.54, 1.807) is 11.8 Å². The Bertz CT molecular complexity index is 736. The smallest absolute Gasteiger partial charge is 0.0630 e. The summed E-state index contributed by atoms with van der Waals surface area (Å²) in [5, 5.41) is 2.09. The molecular formula is C16H10Cl3NS. The van der Waals surface area contributed by atoms with Gasteiger partial charge in [-0.2, -0.15) is 0 Å². The number of nitrogens with zero attached hydrogens (tertiary/aromatic N) is 1. The third kappa shape index (κ3) is 3.46. The van der Waals surface area contributed by atoms with Gasteiger partial charge in [-0.05, 0) is 48.0 Å². The van der Waals surface area contributed by atoms with Gasteiger partial charge < -0.3 is 0 Å². The average Bonchev–Trinajstić information content (AvgIpc) is 2.49. The van der Waals surface area contributed by atoms with Crippen LogP contribution in [-0.4, -0.2) is 12.0 Å². The Morgan fingerprint density at radius 2 is 1.67 bits per heavy atom. The molecule has 0 unspecified atom stereocenters. The predicted molar refractivity (Wildman–Crippen MR) is 94.6 cm³/mol. The molecule has 0 radical (unpaired) electrons. The van der Waals surface area contributed by atoms with Crippen molar-refractivity contribution in [2.75, 3.05) is 5.75 Å². The second-order valence-electron chi connectivity index (χ2n) is 4.50. The summed E-state index contributed by atoms with van der Waals surface area (Å²) in [7, 11) is 0. The number of fused-ring (bicyclic) bond motifs is 1. The maximum atomic E-state index is 6.47. The Hall–Kier alpha value is -0.930. The minimum atomic E-state index is 0.684. The minimum absolute atomic E-state index is 0.684. The molecule has 0 aliphatic carbocycles. The second kappa shape index (κ2) is 6.45. The number of rotatable bonds is 2. The standard InChI is InChI=1S/C16H10Cl3NS/c17-11-1-4-13(5-2-11)20-8-10-9-21-15-6-3-12(18)7-14(15)16(10)19/h1-8H,9H2. The first-order chi connectivity index (χ1) is 10.1. The highest BCUT2D eigenvalue weighted by Crippen LogP contribution is 2.40. The first-order valence-electron chi connectivity index (χ1n) is 6.24. The predicted octanol–water partition coefficient (Wildman–Crippen LogP) is 6.45. The summed E-state index contributed by atoms with van der Waals surface area (Å²) in [4.78, 5) is 5.59. The molecule has 0 spiro atoms. The average molecular weight is 355 g/mol. The topological polar surface area (TPSA) is 12.4 Å². The van der Waals surface area contributed by atoms with E-state index in [4.69, 9.17) is 34.8 Å². The molecule has 0 bridgehead atoms. The van der Waals surface area contributed by atoms with Crippen molar-refractivity contribution < 1.29 is 0 Å². The summed E-state index contributed by atoms with van der Waals surface area (Å²) >= 11 is 20.1. The lowest BCUT2D eigenvalue weighted by molar-refractivity contribution is 1.38. The number of aliphatic imine (C=N–C) groups is 1. The molecular weight excluding hydrogens is 345 g/mol. The molecule has 0 fully saturated rings. The van der Waals surface area contributed by atoms with E-state index in [2.05, 4.69) is 4.99 Å². The Kier molecular flexibility index (Phi) is 4.60. The van der Waals surface area contributed by atoms with Crippen molar-refractivity contribution >= 4 is 63.5 Å². The number of benzene rings is 2. The molecule has 0 N–H and O–H groups in total. The first kappa shape index (κ1) is 15.0. The van der Waals surface area contributed by atoms with Crippen LogP contribution >= 0.6 is 46.6 Å². The summed E-state index contributed by atoms with van der Waals surface area (Å²) in [5.41, 5.74) is 2.81. The minimum Gasteiger partial charge on any atom is -0.257 e. The van der Waals surface area contributed by atoms with Crippen molar-refractivity contribution in [3.05, 3.63) is 63.6 Å². The summed E-state index contributed by atoms with van der Waals surface area (Å²) in [6.07, 6.45) is 1.81. The monoisotopic (exact) mass is 353 g/mol. The lowest BCUT2D eigenvalue weighted by Crippen LogP contribution is -2.00. The summed E-state index contributed by atoms with van der Waals surface area (Å²) in [6.45, 7) is 0. The Morgan fingerprint density at radius 1 is 0.952 bits per heavy atom. The number of halogens is 3. The molecule has 0 saturated heterocycles. The van der Waals surface area contributed by atoms with Crippen LogP contribution in [0.1, 0.15) is 5.56 Å². The maximum Gasteiger partial charge on any atom is 0.0630 e. The van der Waals surface area contributed by atoms with E-state index in [9.17, 15) is 0 Å². The third-order valence-electron chi connectivity index (χ3n) is 3.04. The van der Waals surface area contributed by atoms with Gasteiger partial charge in [0.25, 0.3) is 0 Å². The van der Waals surface area contributed by atoms with Gasteiger partial charge in [-0.25, -0.2) is 0 Å². The van der Waals surface area contributed by atoms with Crippen LogP contribution in [0, 0.1) is 0 Å². The van der Waals surface area contributed by atoms with Crippen LogP contribution < -0.4 is 0 Å². The van der Waals surface area contributed by atoms with Crippen molar-refractivity contribution in [3.63, 3.8) is 0 Å². The zero-order valence-electron chi connectivity index (χ0n) is 10.8. The second-order valence-corrected chi connectivity index (χ2v) is 6.77. The van der Waals surface area contributed by atoms with Crippen molar-refractivity contribution in [2.45, 2.75) is 4.90 Å². The van der Waals surface area contributed by atoms with Crippen LogP contribution in [0.4, 0.5) is 5.69 Å². The van der Waals surface area contributed by atoms with Gasteiger partial charge in [0.2, 0.25) is 0 Å². The van der Waals surface area contributed by atoms with E-state index in [-0.39, 0.29) is 0 Å². The summed E-state index contributed by atoms with van der Waals surface area (Å²) in [6, 6.07) is 13.1. The van der Waals surface area contributed by atoms with Crippen LogP contribution in [0.2, 0.25) is 10.0 Å². The van der Waals surface area contributed by atoms with Gasteiger partial charge in [-0.15, -0.1) is 11.8 Å². The molecule has 21 heavy (non-hydrogen) atoms. The SMILES string of the molecule is ClC1=C(C=Nc2ccc(Cl)cc2)CSc2ccc(Cl)cc21. The van der Waals surface area contributed by atoms with E-state index < -0.39 is 0 Å². The number of hydrogen-bond acceptors (Lipinski definition) is 2. The van der Waals surface area contributed by atoms with Crippen LogP contribution in [0.5, 0.6) is 0 Å². The highest BCUT2D eigenvalue weighted by atomic mass is 35.5. The first-order valence-corrected chi connectivity index (χ1v) is 8.36. The van der Waals surface area contributed by atoms with E-state index in [0.717, 1.165) is 27.5 Å². The summed E-state index contributed by atoms with van der Waals surface area (Å²) < 4.78 is 0. The van der Waals surface area contributed by atoms with Crippen molar-refractivity contribution in [2.24, 2.45) is 4.99 Å². The third-order valence-corrected chi connectivity index (χ3v) is 5.10. The molecule has 106 valence electrons. The van der Waals surface area contributed by atoms with Gasteiger partial charge >= 0.3 is 0 Å². The zero-order chi connectivity index (χ0) is 14.8. The van der Waals surface area contributed by atoms with Crippen LogP contribution in [-0.2, 0) is 0 Å². The molecule has 2 aromatic carbocycles. The van der Waals surface area contributed by atoms with Crippen LogP contribution in [0.25, 0.3) is 5.03 Å². The lowest BCUT2D eigenvalue weighted by atomic mass is 10.1. The maximum absolute atomic E-state index is 6.47. The molecule has 0 amide bonds. The van der Waals surface area contributed by atoms with Crippen molar-refractivity contribution in [1.82, 2.24) is 0 Å². The van der Waals surface area contributed by atoms with Crippen molar-refractivity contribution in [3.8, 4) is 0 Å². The molecule has 5 heteroatoms. The lowest BCUT2D eigenvalue weighted by Gasteiger charge is -2.17. The van der Waals surface area contributed by atoms with Gasteiger partial charge in [0.1, 0.15) is 0 Å². The van der Waals surface area contributed by atoms with Gasteiger partial charge in [-0.3, -0.25) is 4.99 Å². The molecule has 1 aliphatic rings. The molecule has 2 aromatic rings. The largest absolute Gasteiger partial charge is 0.257 e. The Morgan fingerprint density at radius 3 is 2.43 bits per heavy atom. The van der Waals surface area contributed by atoms with Gasteiger partial charge in [0, 0.05) is 32.5 Å². The fraction of sp³-hybridized carbons (Fsp3) is 0.0625. The van der Waals surface area contributed by atoms with E-state index >= 15 is 0 Å². The number of hydrogen-bond donors (Lipinski definition) is 0. The molecule has 1 heterocycles. The zero-order valence-corrected chi connectivity index (χ0v) is 13.9. The molecule has 0 aromatic heterocycles. The molecule has 1 aliphatic heterocycles. The van der Waals surface area contributed by atoms with Crippen LogP contribution in [0.15, 0.2) is 57.9 Å². The quantitative estimate of drug-likeness (QED) is 0.564. The van der Waals surface area contributed by atoms with E-state index in [0.29, 0.717) is 15.1 Å². The Labute approximate surface area is 142 Å². The van der Waals surface area contributed by atoms with Gasteiger partial charge in [0.05, 0.1) is 10.7 Å². The molecule has 0 saturated carbocycles.